The number of aryl methyl sites for hydroxylation is 2. The standard InChI is InChI=1S/C15H16O/c1-11-4-6-13(7-5-11)14-8-12(2)9-15(10-14)16-3/h4-10H,1-3H3. The molecule has 0 unspecified atom stereocenters. The lowest BCUT2D eigenvalue weighted by molar-refractivity contribution is 0.414. The summed E-state index contributed by atoms with van der Waals surface area (Å²) < 4.78 is 5.28. The Hall–Kier alpha value is -1.76. The van der Waals surface area contributed by atoms with Gasteiger partial charge in [-0.1, -0.05) is 35.9 Å². The molecule has 0 heterocycles. The molecule has 0 spiro atoms. The Morgan fingerprint density at radius 1 is 0.750 bits per heavy atom. The van der Waals surface area contributed by atoms with E-state index in [4.69, 9.17) is 4.74 Å². The Labute approximate surface area is 96.7 Å². The van der Waals surface area contributed by atoms with Crippen molar-refractivity contribution in [3.05, 3.63) is 53.6 Å². The summed E-state index contributed by atoms with van der Waals surface area (Å²) in [5, 5.41) is 0. The third-order valence-electron chi connectivity index (χ3n) is 2.67. The summed E-state index contributed by atoms with van der Waals surface area (Å²) in [5.41, 5.74) is 4.93. The Kier molecular flexibility index (Phi) is 2.95. The van der Waals surface area contributed by atoms with Crippen LogP contribution in [0.2, 0.25) is 0 Å². The molecule has 0 fully saturated rings. The van der Waals surface area contributed by atoms with E-state index in [-0.39, 0.29) is 0 Å². The molecule has 0 aliphatic carbocycles. The normalized spacial score (nSPS) is 10.2. The lowest BCUT2D eigenvalue weighted by Crippen LogP contribution is -1.86. The van der Waals surface area contributed by atoms with E-state index >= 15 is 0 Å². The molecule has 2 aromatic rings. The monoisotopic (exact) mass is 212 g/mol. The number of benzene rings is 2. The summed E-state index contributed by atoms with van der Waals surface area (Å²) in [5.74, 6) is 0.913. The zero-order chi connectivity index (χ0) is 11.5. The number of rotatable bonds is 2. The van der Waals surface area contributed by atoms with Crippen LogP contribution in [0.5, 0.6) is 5.75 Å². The van der Waals surface area contributed by atoms with Crippen molar-refractivity contribution in [3.8, 4) is 16.9 Å². The molecule has 0 aromatic heterocycles. The highest BCUT2D eigenvalue weighted by atomic mass is 16.5. The molecule has 0 saturated heterocycles. The van der Waals surface area contributed by atoms with Crippen LogP contribution >= 0.6 is 0 Å². The molecule has 0 aliphatic rings. The second-order valence-corrected chi connectivity index (χ2v) is 4.10. The molecule has 0 atom stereocenters. The van der Waals surface area contributed by atoms with Gasteiger partial charge in [-0.25, -0.2) is 0 Å². The average molecular weight is 212 g/mol. The third kappa shape index (κ3) is 2.25. The molecular formula is C15H16O. The van der Waals surface area contributed by atoms with Gasteiger partial charge in [-0.3, -0.25) is 0 Å². The van der Waals surface area contributed by atoms with Gasteiger partial charge in [0.25, 0.3) is 0 Å². The van der Waals surface area contributed by atoms with Crippen molar-refractivity contribution in [3.63, 3.8) is 0 Å². The van der Waals surface area contributed by atoms with Crippen molar-refractivity contribution in [2.24, 2.45) is 0 Å². The molecule has 2 rings (SSSR count). The lowest BCUT2D eigenvalue weighted by Gasteiger charge is -2.07. The molecule has 0 N–H and O–H groups in total. The van der Waals surface area contributed by atoms with Crippen molar-refractivity contribution in [2.75, 3.05) is 7.11 Å². The third-order valence-corrected chi connectivity index (χ3v) is 2.67. The second kappa shape index (κ2) is 4.40. The van der Waals surface area contributed by atoms with Gasteiger partial charge in [-0.15, -0.1) is 0 Å². The predicted molar refractivity (Wildman–Crippen MR) is 67.9 cm³/mol. The van der Waals surface area contributed by atoms with Crippen molar-refractivity contribution < 1.29 is 4.74 Å². The minimum absolute atomic E-state index is 0.913. The molecular weight excluding hydrogens is 196 g/mol. The van der Waals surface area contributed by atoms with E-state index in [1.807, 2.05) is 6.07 Å². The van der Waals surface area contributed by atoms with Crippen molar-refractivity contribution >= 4 is 0 Å². The van der Waals surface area contributed by atoms with Crippen LogP contribution in [-0.4, -0.2) is 7.11 Å². The zero-order valence-electron chi connectivity index (χ0n) is 9.95. The van der Waals surface area contributed by atoms with Crippen LogP contribution in [0.25, 0.3) is 11.1 Å². The highest BCUT2D eigenvalue weighted by molar-refractivity contribution is 5.66. The van der Waals surface area contributed by atoms with Crippen LogP contribution in [0, 0.1) is 13.8 Å². The largest absolute Gasteiger partial charge is 0.497 e. The minimum Gasteiger partial charge on any atom is -0.497 e. The van der Waals surface area contributed by atoms with Gasteiger partial charge < -0.3 is 4.74 Å². The predicted octanol–water partition coefficient (Wildman–Crippen LogP) is 3.98. The van der Waals surface area contributed by atoms with Gasteiger partial charge in [-0.2, -0.15) is 0 Å². The summed E-state index contributed by atoms with van der Waals surface area (Å²) in [4.78, 5) is 0. The van der Waals surface area contributed by atoms with E-state index in [2.05, 4.69) is 50.2 Å². The second-order valence-electron chi connectivity index (χ2n) is 4.10. The summed E-state index contributed by atoms with van der Waals surface area (Å²) >= 11 is 0. The van der Waals surface area contributed by atoms with Crippen LogP contribution in [0.15, 0.2) is 42.5 Å². The average Bonchev–Trinajstić information content (AvgIpc) is 2.29. The van der Waals surface area contributed by atoms with E-state index in [0.717, 1.165) is 5.75 Å². The van der Waals surface area contributed by atoms with Gasteiger partial charge in [0.1, 0.15) is 5.75 Å². The highest BCUT2D eigenvalue weighted by Crippen LogP contribution is 2.25. The first kappa shape index (κ1) is 10.7. The van der Waals surface area contributed by atoms with E-state index in [0.29, 0.717) is 0 Å². The fraction of sp³-hybridized carbons (Fsp3) is 0.200. The van der Waals surface area contributed by atoms with E-state index in [1.165, 1.54) is 22.3 Å². The first-order chi connectivity index (χ1) is 7.69. The van der Waals surface area contributed by atoms with Crippen LogP contribution in [0.3, 0.4) is 0 Å². The van der Waals surface area contributed by atoms with Crippen LogP contribution in [0.1, 0.15) is 11.1 Å². The number of ether oxygens (including phenoxy) is 1. The maximum Gasteiger partial charge on any atom is 0.119 e. The van der Waals surface area contributed by atoms with Crippen LogP contribution in [-0.2, 0) is 0 Å². The van der Waals surface area contributed by atoms with Gasteiger partial charge in [0.15, 0.2) is 0 Å². The fourth-order valence-corrected chi connectivity index (χ4v) is 1.78. The molecule has 0 radical (unpaired) electrons. The lowest BCUT2D eigenvalue weighted by atomic mass is 10.0. The van der Waals surface area contributed by atoms with Crippen molar-refractivity contribution in [1.29, 1.82) is 0 Å². The first-order valence-electron chi connectivity index (χ1n) is 5.42. The number of hydrogen-bond acceptors (Lipinski definition) is 1. The van der Waals surface area contributed by atoms with Gasteiger partial charge in [0, 0.05) is 0 Å². The smallest absolute Gasteiger partial charge is 0.119 e. The quantitative estimate of drug-likeness (QED) is 0.731. The SMILES string of the molecule is COc1cc(C)cc(-c2ccc(C)cc2)c1. The molecule has 1 nitrogen and oxygen atoms in total. The maximum absolute atomic E-state index is 5.28. The molecule has 2 aromatic carbocycles. The molecule has 0 amide bonds. The zero-order valence-corrected chi connectivity index (χ0v) is 9.95. The van der Waals surface area contributed by atoms with Crippen molar-refractivity contribution in [1.82, 2.24) is 0 Å². The highest BCUT2D eigenvalue weighted by Gasteiger charge is 2.01. The Balaban J connectivity index is 2.47. The minimum atomic E-state index is 0.913. The molecule has 0 bridgehead atoms. The Morgan fingerprint density at radius 3 is 2.06 bits per heavy atom. The van der Waals surface area contributed by atoms with E-state index in [9.17, 15) is 0 Å². The molecule has 16 heavy (non-hydrogen) atoms. The summed E-state index contributed by atoms with van der Waals surface area (Å²) in [6.45, 7) is 4.18. The van der Waals surface area contributed by atoms with Crippen LogP contribution in [0.4, 0.5) is 0 Å². The van der Waals surface area contributed by atoms with Gasteiger partial charge >= 0.3 is 0 Å². The molecule has 82 valence electrons. The number of hydrogen-bond donors (Lipinski definition) is 0. The molecule has 0 aliphatic heterocycles. The fourth-order valence-electron chi connectivity index (χ4n) is 1.78. The Morgan fingerprint density at radius 2 is 1.44 bits per heavy atom. The Bertz CT molecular complexity index is 483. The first-order valence-corrected chi connectivity index (χ1v) is 5.42. The van der Waals surface area contributed by atoms with E-state index < -0.39 is 0 Å². The molecule has 0 saturated carbocycles. The van der Waals surface area contributed by atoms with Crippen LogP contribution < -0.4 is 4.74 Å². The summed E-state index contributed by atoms with van der Waals surface area (Å²) in [7, 11) is 1.70. The van der Waals surface area contributed by atoms with Gasteiger partial charge in [0.05, 0.1) is 7.11 Å². The summed E-state index contributed by atoms with van der Waals surface area (Å²) in [6, 6.07) is 14.8. The number of methoxy groups -OCH3 is 1. The van der Waals surface area contributed by atoms with Gasteiger partial charge in [0.2, 0.25) is 0 Å². The van der Waals surface area contributed by atoms with E-state index in [1.54, 1.807) is 7.11 Å². The van der Waals surface area contributed by atoms with Gasteiger partial charge in [-0.05, 0) is 42.7 Å². The maximum atomic E-state index is 5.28. The van der Waals surface area contributed by atoms with Crippen molar-refractivity contribution in [2.45, 2.75) is 13.8 Å². The summed E-state index contributed by atoms with van der Waals surface area (Å²) in [6.07, 6.45) is 0. The molecule has 1 heteroatoms. The topological polar surface area (TPSA) is 9.23 Å².